The number of hydrogen-bond donors (Lipinski definition) is 2. The van der Waals surface area contributed by atoms with Crippen LogP contribution in [0.1, 0.15) is 16.7 Å². The lowest BCUT2D eigenvalue weighted by Gasteiger charge is -2.12. The normalized spacial score (nSPS) is 10.9. The summed E-state index contributed by atoms with van der Waals surface area (Å²) in [6.07, 6.45) is 2.65. The molecular formula is C16H23N5. The van der Waals surface area contributed by atoms with E-state index < -0.39 is 0 Å². The Hall–Kier alpha value is -2.14. The minimum Gasteiger partial charge on any atom is -0.383 e. The number of nitrogens with two attached hydrogens (primary N) is 1. The quantitative estimate of drug-likeness (QED) is 0.883. The Bertz CT molecular complexity index is 622. The van der Waals surface area contributed by atoms with E-state index in [2.05, 4.69) is 46.2 Å². The van der Waals surface area contributed by atoms with Gasteiger partial charge in [0.25, 0.3) is 0 Å². The van der Waals surface area contributed by atoms with Crippen LogP contribution in [0.3, 0.4) is 0 Å². The number of benzene rings is 1. The van der Waals surface area contributed by atoms with E-state index in [0.29, 0.717) is 11.8 Å². The van der Waals surface area contributed by atoms with Crippen LogP contribution < -0.4 is 11.1 Å². The van der Waals surface area contributed by atoms with Gasteiger partial charge in [-0.3, -0.25) is 0 Å². The molecule has 0 atom stereocenters. The van der Waals surface area contributed by atoms with Crippen LogP contribution in [0.5, 0.6) is 0 Å². The molecule has 1 heterocycles. The fraction of sp³-hybridized carbons (Fsp3) is 0.375. The molecule has 0 bridgehead atoms. The number of likely N-dealkylation sites (N-methyl/N-ethyl adjacent to an activating group) is 1. The zero-order valence-electron chi connectivity index (χ0n) is 13.1. The summed E-state index contributed by atoms with van der Waals surface area (Å²) in [5.74, 6) is 1.07. The van der Waals surface area contributed by atoms with Crippen molar-refractivity contribution >= 4 is 17.5 Å². The molecule has 5 nitrogen and oxygen atoms in total. The van der Waals surface area contributed by atoms with Gasteiger partial charge in [-0.25, -0.2) is 4.98 Å². The van der Waals surface area contributed by atoms with Gasteiger partial charge in [0.15, 0.2) is 0 Å². The van der Waals surface area contributed by atoms with Gasteiger partial charge in [-0.15, -0.1) is 0 Å². The van der Waals surface area contributed by atoms with Gasteiger partial charge in [0.1, 0.15) is 5.82 Å². The number of nitrogens with one attached hydrogen (secondary N) is 1. The van der Waals surface area contributed by atoms with Crippen LogP contribution >= 0.6 is 0 Å². The SMILES string of the molecule is Cc1ccc(Nc2ncc(CCN(C)C)c(N)n2)cc1C. The molecule has 0 saturated heterocycles. The van der Waals surface area contributed by atoms with Gasteiger partial charge in [0.05, 0.1) is 0 Å². The van der Waals surface area contributed by atoms with Crippen molar-refractivity contribution in [1.82, 2.24) is 14.9 Å². The molecule has 21 heavy (non-hydrogen) atoms. The third kappa shape index (κ3) is 4.16. The predicted octanol–water partition coefficient (Wildman–Crippen LogP) is 2.52. The van der Waals surface area contributed by atoms with Crippen molar-refractivity contribution in [2.24, 2.45) is 0 Å². The Balaban J connectivity index is 2.10. The fourth-order valence-electron chi connectivity index (χ4n) is 1.97. The molecule has 5 heteroatoms. The molecule has 2 aromatic rings. The van der Waals surface area contributed by atoms with Gasteiger partial charge in [-0.05, 0) is 57.6 Å². The van der Waals surface area contributed by atoms with E-state index in [0.717, 1.165) is 24.2 Å². The third-order valence-electron chi connectivity index (χ3n) is 3.49. The Morgan fingerprint density at radius 3 is 2.57 bits per heavy atom. The maximum Gasteiger partial charge on any atom is 0.229 e. The second kappa shape index (κ2) is 6.54. The highest BCUT2D eigenvalue weighted by atomic mass is 15.1. The zero-order valence-corrected chi connectivity index (χ0v) is 13.1. The number of aryl methyl sites for hydroxylation is 2. The van der Waals surface area contributed by atoms with Crippen LogP contribution in [0, 0.1) is 13.8 Å². The summed E-state index contributed by atoms with van der Waals surface area (Å²) in [5.41, 5.74) is 10.5. The van der Waals surface area contributed by atoms with Crippen LogP contribution in [0.4, 0.5) is 17.5 Å². The predicted molar refractivity (Wildman–Crippen MR) is 87.9 cm³/mol. The van der Waals surface area contributed by atoms with E-state index >= 15 is 0 Å². The summed E-state index contributed by atoms with van der Waals surface area (Å²) in [6, 6.07) is 6.17. The molecule has 0 unspecified atom stereocenters. The lowest BCUT2D eigenvalue weighted by Crippen LogP contribution is -2.16. The maximum absolute atomic E-state index is 6.01. The Labute approximate surface area is 126 Å². The standard InChI is InChI=1S/C16H23N5/c1-11-5-6-14(9-12(11)2)19-16-18-10-13(15(17)20-16)7-8-21(3)4/h5-6,9-10H,7-8H2,1-4H3,(H3,17,18,19,20). The van der Waals surface area contributed by atoms with E-state index in [-0.39, 0.29) is 0 Å². The van der Waals surface area contributed by atoms with E-state index in [1.807, 2.05) is 20.2 Å². The molecule has 0 spiro atoms. The molecule has 0 radical (unpaired) electrons. The lowest BCUT2D eigenvalue weighted by molar-refractivity contribution is 0.413. The second-order valence-corrected chi connectivity index (χ2v) is 5.58. The average molecular weight is 285 g/mol. The van der Waals surface area contributed by atoms with Crippen molar-refractivity contribution in [1.29, 1.82) is 0 Å². The van der Waals surface area contributed by atoms with Gasteiger partial charge >= 0.3 is 0 Å². The highest BCUT2D eigenvalue weighted by molar-refractivity contribution is 5.57. The first-order valence-corrected chi connectivity index (χ1v) is 7.06. The van der Waals surface area contributed by atoms with Crippen molar-refractivity contribution in [3.8, 4) is 0 Å². The van der Waals surface area contributed by atoms with Gasteiger partial charge in [-0.2, -0.15) is 4.98 Å². The van der Waals surface area contributed by atoms with Crippen molar-refractivity contribution in [2.45, 2.75) is 20.3 Å². The highest BCUT2D eigenvalue weighted by Crippen LogP contribution is 2.18. The van der Waals surface area contributed by atoms with E-state index in [1.54, 1.807) is 6.20 Å². The topological polar surface area (TPSA) is 67.1 Å². The summed E-state index contributed by atoms with van der Waals surface area (Å²) in [4.78, 5) is 10.8. The van der Waals surface area contributed by atoms with Crippen LogP contribution in [-0.4, -0.2) is 35.5 Å². The molecule has 112 valence electrons. The summed E-state index contributed by atoms with van der Waals surface area (Å²) in [5, 5.41) is 3.19. The minimum absolute atomic E-state index is 0.532. The van der Waals surface area contributed by atoms with E-state index in [9.17, 15) is 0 Å². The summed E-state index contributed by atoms with van der Waals surface area (Å²) in [6.45, 7) is 5.10. The molecule has 1 aromatic heterocycles. The minimum atomic E-state index is 0.532. The number of aromatic nitrogens is 2. The fourth-order valence-corrected chi connectivity index (χ4v) is 1.97. The molecule has 0 fully saturated rings. The van der Waals surface area contributed by atoms with Crippen molar-refractivity contribution in [3.05, 3.63) is 41.1 Å². The van der Waals surface area contributed by atoms with Gasteiger partial charge in [-0.1, -0.05) is 6.07 Å². The van der Waals surface area contributed by atoms with Crippen LogP contribution in [-0.2, 0) is 6.42 Å². The van der Waals surface area contributed by atoms with Crippen LogP contribution in [0.2, 0.25) is 0 Å². The summed E-state index contributed by atoms with van der Waals surface area (Å²) in [7, 11) is 4.07. The molecule has 3 N–H and O–H groups in total. The van der Waals surface area contributed by atoms with Gasteiger partial charge in [0, 0.05) is 24.0 Å². The monoisotopic (exact) mass is 285 g/mol. The van der Waals surface area contributed by atoms with Crippen molar-refractivity contribution in [3.63, 3.8) is 0 Å². The Kier molecular flexibility index (Phi) is 4.75. The highest BCUT2D eigenvalue weighted by Gasteiger charge is 2.05. The number of anilines is 3. The molecule has 0 saturated carbocycles. The van der Waals surface area contributed by atoms with Gasteiger partial charge in [0.2, 0.25) is 5.95 Å². The molecule has 2 rings (SSSR count). The molecular weight excluding hydrogens is 262 g/mol. The molecule has 0 amide bonds. The number of nitrogens with zero attached hydrogens (tertiary/aromatic N) is 3. The summed E-state index contributed by atoms with van der Waals surface area (Å²) < 4.78 is 0. The molecule has 0 aliphatic carbocycles. The largest absolute Gasteiger partial charge is 0.383 e. The van der Waals surface area contributed by atoms with Crippen molar-refractivity contribution < 1.29 is 0 Å². The maximum atomic E-state index is 6.01. The van der Waals surface area contributed by atoms with Crippen LogP contribution in [0.15, 0.2) is 24.4 Å². The molecule has 0 aliphatic heterocycles. The van der Waals surface area contributed by atoms with E-state index in [1.165, 1.54) is 11.1 Å². The lowest BCUT2D eigenvalue weighted by atomic mass is 10.1. The second-order valence-electron chi connectivity index (χ2n) is 5.58. The van der Waals surface area contributed by atoms with Crippen LogP contribution in [0.25, 0.3) is 0 Å². The smallest absolute Gasteiger partial charge is 0.229 e. The number of rotatable bonds is 5. The third-order valence-corrected chi connectivity index (χ3v) is 3.49. The molecule has 1 aromatic carbocycles. The van der Waals surface area contributed by atoms with Gasteiger partial charge < -0.3 is 16.0 Å². The Morgan fingerprint density at radius 1 is 1.19 bits per heavy atom. The zero-order chi connectivity index (χ0) is 15.4. The summed E-state index contributed by atoms with van der Waals surface area (Å²) >= 11 is 0. The average Bonchev–Trinajstić information content (AvgIpc) is 2.42. The first kappa shape index (κ1) is 15.3. The number of nitrogen functional groups attached to an aromatic ring is 1. The first-order valence-electron chi connectivity index (χ1n) is 7.06. The molecule has 0 aliphatic rings. The first-order chi connectivity index (χ1) is 9.95. The Morgan fingerprint density at radius 2 is 1.95 bits per heavy atom. The van der Waals surface area contributed by atoms with Crippen molar-refractivity contribution in [2.75, 3.05) is 31.7 Å². The van der Waals surface area contributed by atoms with E-state index in [4.69, 9.17) is 5.73 Å². The number of hydrogen-bond acceptors (Lipinski definition) is 5.